The van der Waals surface area contributed by atoms with E-state index in [9.17, 15) is 43.2 Å². The van der Waals surface area contributed by atoms with Gasteiger partial charge in [-0.2, -0.15) is 0 Å². The summed E-state index contributed by atoms with van der Waals surface area (Å²) in [7, 11) is -9.90. The molecule has 0 aliphatic rings. The number of esters is 4. The first-order chi connectivity index (χ1) is 42.6. The average molecular weight is 1310 g/mol. The highest BCUT2D eigenvalue weighted by molar-refractivity contribution is 7.47. The number of hydrogen-bond donors (Lipinski definition) is 3. The van der Waals surface area contributed by atoms with Crippen molar-refractivity contribution in [3.63, 3.8) is 0 Å². The van der Waals surface area contributed by atoms with Gasteiger partial charge in [-0.1, -0.05) is 293 Å². The van der Waals surface area contributed by atoms with E-state index in [1.807, 2.05) is 0 Å². The molecule has 0 saturated carbocycles. The molecule has 0 spiro atoms. The van der Waals surface area contributed by atoms with Crippen LogP contribution in [0.25, 0.3) is 0 Å². The van der Waals surface area contributed by atoms with Crippen LogP contribution in [-0.4, -0.2) is 96.7 Å². The van der Waals surface area contributed by atoms with E-state index in [0.717, 1.165) is 114 Å². The number of rotatable bonds is 67. The van der Waals surface area contributed by atoms with E-state index in [-0.39, 0.29) is 25.7 Å². The molecule has 0 aromatic heterocycles. The van der Waals surface area contributed by atoms with E-state index in [1.165, 1.54) is 141 Å². The van der Waals surface area contributed by atoms with Crippen molar-refractivity contribution in [2.75, 3.05) is 39.6 Å². The number of ether oxygens (including phenoxy) is 4. The van der Waals surface area contributed by atoms with Gasteiger partial charge in [0.15, 0.2) is 12.2 Å². The zero-order valence-electron chi connectivity index (χ0n) is 58.1. The quantitative estimate of drug-likeness (QED) is 0.0222. The van der Waals surface area contributed by atoms with Gasteiger partial charge in [0.1, 0.15) is 19.3 Å². The van der Waals surface area contributed by atoms with Crippen molar-refractivity contribution in [3.8, 4) is 0 Å². The summed E-state index contributed by atoms with van der Waals surface area (Å²) in [4.78, 5) is 72.5. The Labute approximate surface area is 543 Å². The molecule has 17 nitrogen and oxygen atoms in total. The van der Waals surface area contributed by atoms with Crippen molar-refractivity contribution in [2.24, 2.45) is 23.7 Å². The lowest BCUT2D eigenvalue weighted by molar-refractivity contribution is -0.161. The first-order valence-corrected chi connectivity index (χ1v) is 39.2. The molecule has 6 atom stereocenters. The van der Waals surface area contributed by atoms with Crippen LogP contribution in [0.3, 0.4) is 0 Å². The molecule has 0 bridgehead atoms. The molecule has 0 aromatic carbocycles. The predicted octanol–water partition coefficient (Wildman–Crippen LogP) is 19.7. The second-order valence-electron chi connectivity index (χ2n) is 26.9. The molecule has 3 unspecified atom stereocenters. The largest absolute Gasteiger partial charge is 0.472 e. The summed E-state index contributed by atoms with van der Waals surface area (Å²) in [6.45, 7) is 14.1. The number of hydrogen-bond acceptors (Lipinski definition) is 15. The summed E-state index contributed by atoms with van der Waals surface area (Å²) in [6, 6.07) is 0. The molecule has 0 saturated heterocycles. The maximum atomic E-state index is 13.0. The molecule has 0 amide bonds. The van der Waals surface area contributed by atoms with E-state index in [1.54, 1.807) is 0 Å². The Morgan fingerprint density at radius 3 is 0.798 bits per heavy atom. The lowest BCUT2D eigenvalue weighted by Gasteiger charge is -2.21. The molecule has 0 heterocycles. The first kappa shape index (κ1) is 87.1. The molecule has 3 N–H and O–H groups in total. The van der Waals surface area contributed by atoms with Crippen LogP contribution < -0.4 is 0 Å². The number of carbonyl (C=O) groups excluding carboxylic acids is 4. The summed E-state index contributed by atoms with van der Waals surface area (Å²) in [5.74, 6) is 0.840. The number of unbranched alkanes of at least 4 members (excludes halogenated alkanes) is 32. The Balaban J connectivity index is 5.25. The van der Waals surface area contributed by atoms with E-state index in [4.69, 9.17) is 37.0 Å². The van der Waals surface area contributed by atoms with Gasteiger partial charge in [0.25, 0.3) is 0 Å². The molecule has 0 aromatic rings. The van der Waals surface area contributed by atoms with Crippen molar-refractivity contribution in [1.82, 2.24) is 0 Å². The van der Waals surface area contributed by atoms with E-state index >= 15 is 0 Å². The predicted molar refractivity (Wildman–Crippen MR) is 358 cm³/mol. The van der Waals surface area contributed by atoms with Gasteiger partial charge in [-0.25, -0.2) is 9.13 Å². The van der Waals surface area contributed by atoms with E-state index < -0.39 is 97.5 Å². The highest BCUT2D eigenvalue weighted by Gasteiger charge is 2.30. The lowest BCUT2D eigenvalue weighted by Crippen LogP contribution is -2.30. The first-order valence-electron chi connectivity index (χ1n) is 36.2. The van der Waals surface area contributed by atoms with Crippen LogP contribution in [0.1, 0.15) is 344 Å². The van der Waals surface area contributed by atoms with Crippen molar-refractivity contribution in [2.45, 2.75) is 363 Å². The Hall–Kier alpha value is -1.94. The standard InChI is InChI=1S/C70H136O17P2/c1-9-63(8)49-41-33-28-29-35-43-51-68(73)81-57-66(87-70(75)53-45-37-27-21-24-32-40-48-62(6)7)59-85-89(78,79)83-55-64(71)54-82-88(76,77)84-58-65(56-80-67(72)50-42-34-25-19-16-15-18-23-31-39-47-61(4)5)86-69(74)52-44-36-26-20-14-12-10-11-13-17-22-30-38-46-60(2)3/h60-66,71H,9-59H2,1-8H3,(H,76,77)(H,78,79)/t63?,64-,65-,66-/m1/s1. The third-order valence-electron chi connectivity index (χ3n) is 16.4. The number of phosphoric ester groups is 2. The zero-order valence-corrected chi connectivity index (χ0v) is 59.8. The monoisotopic (exact) mass is 1310 g/mol. The topological polar surface area (TPSA) is 237 Å². The van der Waals surface area contributed by atoms with Gasteiger partial charge in [-0.15, -0.1) is 0 Å². The van der Waals surface area contributed by atoms with Crippen LogP contribution in [0.5, 0.6) is 0 Å². The van der Waals surface area contributed by atoms with Crippen LogP contribution >= 0.6 is 15.6 Å². The molecule has 0 radical (unpaired) electrons. The lowest BCUT2D eigenvalue weighted by atomic mass is 10.00. The maximum Gasteiger partial charge on any atom is 0.472 e. The smallest absolute Gasteiger partial charge is 0.462 e. The molecule has 0 rings (SSSR count). The van der Waals surface area contributed by atoms with Gasteiger partial charge in [0, 0.05) is 25.7 Å². The fourth-order valence-electron chi connectivity index (χ4n) is 10.5. The molecule has 89 heavy (non-hydrogen) atoms. The molecule has 0 aliphatic carbocycles. The third kappa shape index (κ3) is 63.2. The van der Waals surface area contributed by atoms with Gasteiger partial charge < -0.3 is 33.8 Å². The molecule has 528 valence electrons. The summed E-state index contributed by atoms with van der Waals surface area (Å²) in [5, 5.41) is 10.6. The van der Waals surface area contributed by atoms with E-state index in [0.29, 0.717) is 31.6 Å². The molecule has 0 fully saturated rings. The van der Waals surface area contributed by atoms with Crippen LogP contribution in [0.2, 0.25) is 0 Å². The summed E-state index contributed by atoms with van der Waals surface area (Å²) in [5.41, 5.74) is 0. The van der Waals surface area contributed by atoms with Crippen LogP contribution in [0.4, 0.5) is 0 Å². The molecular weight excluding hydrogens is 1170 g/mol. The summed E-state index contributed by atoms with van der Waals surface area (Å²) >= 11 is 0. The number of phosphoric acid groups is 2. The number of aliphatic hydroxyl groups is 1. The van der Waals surface area contributed by atoms with Crippen molar-refractivity contribution in [1.29, 1.82) is 0 Å². The molecule has 19 heteroatoms. The maximum absolute atomic E-state index is 13.0. The van der Waals surface area contributed by atoms with Crippen molar-refractivity contribution >= 4 is 39.5 Å². The fourth-order valence-corrected chi connectivity index (χ4v) is 12.0. The number of aliphatic hydroxyl groups excluding tert-OH is 1. The van der Waals surface area contributed by atoms with Crippen molar-refractivity contribution < 1.29 is 80.2 Å². The van der Waals surface area contributed by atoms with Gasteiger partial charge in [-0.05, 0) is 49.4 Å². The minimum atomic E-state index is -4.95. The highest BCUT2D eigenvalue weighted by Crippen LogP contribution is 2.45. The normalized spacial score (nSPS) is 14.6. The second kappa shape index (κ2) is 59.8. The average Bonchev–Trinajstić information content (AvgIpc) is 3.56. The van der Waals surface area contributed by atoms with Gasteiger partial charge in [0.2, 0.25) is 0 Å². The summed E-state index contributed by atoms with van der Waals surface area (Å²) < 4.78 is 68.2. The minimum Gasteiger partial charge on any atom is -0.462 e. The minimum absolute atomic E-state index is 0.102. The Morgan fingerprint density at radius 1 is 0.315 bits per heavy atom. The van der Waals surface area contributed by atoms with Gasteiger partial charge in [0.05, 0.1) is 26.4 Å². The van der Waals surface area contributed by atoms with Gasteiger partial charge in [-0.3, -0.25) is 37.3 Å². The molecule has 0 aliphatic heterocycles. The van der Waals surface area contributed by atoms with E-state index in [2.05, 4.69) is 55.4 Å². The Bertz CT molecular complexity index is 1770. The zero-order chi connectivity index (χ0) is 66.1. The SMILES string of the molecule is CCC(C)CCCCCCCCC(=O)OC[C@H](COP(=O)(O)OC[C@H](O)COP(=O)(O)OC[C@@H](COC(=O)CCCCCCCCCCCCC(C)C)OC(=O)CCCCCCCCCCCCCCCC(C)C)OC(=O)CCCCCCCCCC(C)C. The second-order valence-corrected chi connectivity index (χ2v) is 29.8. The Kier molecular flexibility index (Phi) is 58.5. The van der Waals surface area contributed by atoms with Crippen molar-refractivity contribution in [3.05, 3.63) is 0 Å². The van der Waals surface area contributed by atoms with Crippen LogP contribution in [0, 0.1) is 23.7 Å². The van der Waals surface area contributed by atoms with Crippen LogP contribution in [0.15, 0.2) is 0 Å². The van der Waals surface area contributed by atoms with Gasteiger partial charge >= 0.3 is 39.5 Å². The Morgan fingerprint density at radius 2 is 0.539 bits per heavy atom. The molecular formula is C70H136O17P2. The highest BCUT2D eigenvalue weighted by atomic mass is 31.2. The summed E-state index contributed by atoms with van der Waals surface area (Å²) in [6.07, 6.45) is 41.8. The number of carbonyl (C=O) groups is 4. The van der Waals surface area contributed by atoms with Crippen LogP contribution in [-0.2, 0) is 65.4 Å². The fraction of sp³-hybridized carbons (Fsp3) is 0.943. The third-order valence-corrected chi connectivity index (χ3v) is 18.3.